The van der Waals surface area contributed by atoms with Crippen LogP contribution in [-0.2, 0) is 0 Å². The Balaban J connectivity index is 1.50. The van der Waals surface area contributed by atoms with E-state index < -0.39 is 0 Å². The summed E-state index contributed by atoms with van der Waals surface area (Å²) in [7, 11) is 0. The number of hydrogen-bond donors (Lipinski definition) is 1. The van der Waals surface area contributed by atoms with Gasteiger partial charge in [-0.2, -0.15) is 0 Å². The highest BCUT2D eigenvalue weighted by Gasteiger charge is 2.41. The van der Waals surface area contributed by atoms with Gasteiger partial charge in [-0.25, -0.2) is 4.39 Å². The van der Waals surface area contributed by atoms with Crippen molar-refractivity contribution in [2.45, 2.75) is 13.0 Å². The maximum absolute atomic E-state index is 13.4. The lowest BCUT2D eigenvalue weighted by molar-refractivity contribution is 0.186. The molecule has 0 aliphatic carbocycles. The zero-order valence-corrected chi connectivity index (χ0v) is 11.3. The van der Waals surface area contributed by atoms with Crippen LogP contribution in [0.25, 0.3) is 0 Å². The fraction of sp³-hybridized carbons (Fsp3) is 0.600. The molecule has 0 radical (unpaired) electrons. The number of likely N-dealkylation sites (tertiary alicyclic amines) is 1. The Morgan fingerprint density at radius 2 is 2.21 bits per heavy atom. The minimum atomic E-state index is -0.280. The lowest BCUT2D eigenvalue weighted by atomic mass is 9.95. The van der Waals surface area contributed by atoms with Gasteiger partial charge in [0, 0.05) is 19.1 Å². The van der Waals surface area contributed by atoms with E-state index in [2.05, 4.69) is 17.1 Å². The van der Waals surface area contributed by atoms with Crippen LogP contribution in [-0.4, -0.2) is 43.7 Å². The Kier molecular flexibility index (Phi) is 3.71. The number of rotatable bonds is 4. The number of halogens is 1. The fourth-order valence-electron chi connectivity index (χ4n) is 3.39. The number of nitrogens with one attached hydrogen (secondary N) is 1. The van der Waals surface area contributed by atoms with E-state index in [9.17, 15) is 4.39 Å². The molecule has 3 rings (SSSR count). The molecule has 3 atom stereocenters. The predicted molar refractivity (Wildman–Crippen MR) is 72.8 cm³/mol. The first kappa shape index (κ1) is 12.9. The monoisotopic (exact) mass is 264 g/mol. The van der Waals surface area contributed by atoms with Crippen LogP contribution in [0.15, 0.2) is 24.3 Å². The molecule has 0 bridgehead atoms. The summed E-state index contributed by atoms with van der Waals surface area (Å²) in [6.45, 7) is 7.14. The Morgan fingerprint density at radius 1 is 1.37 bits per heavy atom. The number of para-hydroxylation sites is 1. The lowest BCUT2D eigenvalue weighted by Crippen LogP contribution is -2.36. The Labute approximate surface area is 113 Å². The van der Waals surface area contributed by atoms with Crippen molar-refractivity contribution in [1.29, 1.82) is 0 Å². The number of benzene rings is 1. The van der Waals surface area contributed by atoms with Crippen LogP contribution >= 0.6 is 0 Å². The number of fused-ring (bicyclic) bond motifs is 1. The zero-order valence-electron chi connectivity index (χ0n) is 11.3. The van der Waals surface area contributed by atoms with Gasteiger partial charge in [0.2, 0.25) is 0 Å². The van der Waals surface area contributed by atoms with Crippen LogP contribution in [0.5, 0.6) is 5.75 Å². The maximum Gasteiger partial charge on any atom is 0.165 e. The first-order valence-corrected chi connectivity index (χ1v) is 7.08. The van der Waals surface area contributed by atoms with Gasteiger partial charge in [-0.15, -0.1) is 0 Å². The zero-order chi connectivity index (χ0) is 13.2. The first-order valence-electron chi connectivity index (χ1n) is 7.08. The molecule has 3 nitrogen and oxygen atoms in total. The van der Waals surface area contributed by atoms with Gasteiger partial charge in [0.15, 0.2) is 11.6 Å². The Morgan fingerprint density at radius 3 is 3.00 bits per heavy atom. The Bertz CT molecular complexity index is 440. The van der Waals surface area contributed by atoms with Crippen LogP contribution < -0.4 is 10.1 Å². The van der Waals surface area contributed by atoms with Crippen molar-refractivity contribution < 1.29 is 9.13 Å². The normalized spacial score (nSPS) is 30.5. The van der Waals surface area contributed by atoms with Gasteiger partial charge in [0.1, 0.15) is 6.61 Å². The van der Waals surface area contributed by atoms with E-state index in [0.717, 1.165) is 38.0 Å². The second-order valence-corrected chi connectivity index (χ2v) is 5.60. The van der Waals surface area contributed by atoms with Crippen LogP contribution in [0, 0.1) is 17.7 Å². The standard InChI is InChI=1S/C15H21FN2O/c1-11-13-9-17-8-12(13)10-18(11)6-7-19-15-5-3-2-4-14(15)16/h2-5,11-13,17H,6-10H2,1H3. The SMILES string of the molecule is CC1C2CNCC2CN1CCOc1ccccc1F. The summed E-state index contributed by atoms with van der Waals surface area (Å²) >= 11 is 0. The summed E-state index contributed by atoms with van der Waals surface area (Å²) in [6.07, 6.45) is 0. The molecule has 0 spiro atoms. The van der Waals surface area contributed by atoms with Crippen molar-refractivity contribution in [3.63, 3.8) is 0 Å². The minimum Gasteiger partial charge on any atom is -0.489 e. The number of ether oxygens (including phenoxy) is 1. The molecule has 0 saturated carbocycles. The molecule has 0 amide bonds. The van der Waals surface area contributed by atoms with Crippen molar-refractivity contribution in [3.05, 3.63) is 30.1 Å². The molecular weight excluding hydrogens is 243 g/mol. The van der Waals surface area contributed by atoms with Crippen molar-refractivity contribution in [1.82, 2.24) is 10.2 Å². The maximum atomic E-state index is 13.4. The topological polar surface area (TPSA) is 24.5 Å². The summed E-state index contributed by atoms with van der Waals surface area (Å²) in [5.41, 5.74) is 0. The van der Waals surface area contributed by atoms with Crippen molar-refractivity contribution in [2.75, 3.05) is 32.8 Å². The van der Waals surface area contributed by atoms with Gasteiger partial charge in [-0.1, -0.05) is 12.1 Å². The Hall–Kier alpha value is -1.13. The predicted octanol–water partition coefficient (Wildman–Crippen LogP) is 1.74. The van der Waals surface area contributed by atoms with Crippen molar-refractivity contribution >= 4 is 0 Å². The summed E-state index contributed by atoms with van der Waals surface area (Å²) in [4.78, 5) is 2.47. The minimum absolute atomic E-state index is 0.280. The van der Waals surface area contributed by atoms with E-state index in [1.165, 1.54) is 6.07 Å². The van der Waals surface area contributed by atoms with Gasteiger partial charge >= 0.3 is 0 Å². The second kappa shape index (κ2) is 5.47. The molecule has 4 heteroatoms. The molecule has 1 aromatic carbocycles. The molecule has 3 unspecified atom stereocenters. The lowest BCUT2D eigenvalue weighted by Gasteiger charge is -2.24. The van der Waals surface area contributed by atoms with Gasteiger partial charge in [0.25, 0.3) is 0 Å². The molecular formula is C15H21FN2O. The highest BCUT2D eigenvalue weighted by atomic mass is 19.1. The molecule has 2 heterocycles. The van der Waals surface area contributed by atoms with Crippen LogP contribution in [0.4, 0.5) is 4.39 Å². The highest BCUT2D eigenvalue weighted by Crippen LogP contribution is 2.31. The van der Waals surface area contributed by atoms with E-state index in [-0.39, 0.29) is 5.82 Å². The van der Waals surface area contributed by atoms with E-state index in [1.807, 2.05) is 0 Å². The average Bonchev–Trinajstić information content (AvgIpc) is 2.96. The van der Waals surface area contributed by atoms with Gasteiger partial charge < -0.3 is 10.1 Å². The molecule has 104 valence electrons. The van der Waals surface area contributed by atoms with Crippen LogP contribution in [0.2, 0.25) is 0 Å². The van der Waals surface area contributed by atoms with Crippen molar-refractivity contribution in [3.8, 4) is 5.75 Å². The second-order valence-electron chi connectivity index (χ2n) is 5.60. The van der Waals surface area contributed by atoms with Crippen molar-refractivity contribution in [2.24, 2.45) is 11.8 Å². The molecule has 2 fully saturated rings. The molecule has 1 aromatic rings. The van der Waals surface area contributed by atoms with E-state index in [1.54, 1.807) is 18.2 Å². The third kappa shape index (κ3) is 2.60. The summed E-state index contributed by atoms with van der Waals surface area (Å²) in [5, 5.41) is 3.46. The van der Waals surface area contributed by atoms with Gasteiger partial charge in [-0.05, 0) is 44.0 Å². The summed E-state index contributed by atoms with van der Waals surface area (Å²) in [5.74, 6) is 1.63. The van der Waals surface area contributed by atoms with E-state index >= 15 is 0 Å². The third-order valence-electron chi connectivity index (χ3n) is 4.53. The summed E-state index contributed by atoms with van der Waals surface area (Å²) in [6, 6.07) is 7.20. The van der Waals surface area contributed by atoms with Gasteiger partial charge in [-0.3, -0.25) is 4.90 Å². The molecule has 1 N–H and O–H groups in total. The molecule has 2 aliphatic rings. The van der Waals surface area contributed by atoms with Gasteiger partial charge in [0.05, 0.1) is 0 Å². The quantitative estimate of drug-likeness (QED) is 0.896. The summed E-state index contributed by atoms with van der Waals surface area (Å²) < 4.78 is 18.9. The number of hydrogen-bond acceptors (Lipinski definition) is 3. The largest absolute Gasteiger partial charge is 0.489 e. The smallest absolute Gasteiger partial charge is 0.165 e. The first-order chi connectivity index (χ1) is 9.25. The fourth-order valence-corrected chi connectivity index (χ4v) is 3.39. The molecule has 2 aliphatic heterocycles. The average molecular weight is 264 g/mol. The van der Waals surface area contributed by atoms with E-state index in [0.29, 0.717) is 18.4 Å². The van der Waals surface area contributed by atoms with E-state index in [4.69, 9.17) is 4.74 Å². The molecule has 2 saturated heterocycles. The molecule has 19 heavy (non-hydrogen) atoms. The highest BCUT2D eigenvalue weighted by molar-refractivity contribution is 5.23. The van der Waals surface area contributed by atoms with Crippen LogP contribution in [0.1, 0.15) is 6.92 Å². The number of nitrogens with zero attached hydrogens (tertiary/aromatic N) is 1. The third-order valence-corrected chi connectivity index (χ3v) is 4.53. The molecule has 0 aromatic heterocycles. The van der Waals surface area contributed by atoms with Crippen LogP contribution in [0.3, 0.4) is 0 Å².